The van der Waals surface area contributed by atoms with Gasteiger partial charge in [0, 0.05) is 6.42 Å². The van der Waals surface area contributed by atoms with Gasteiger partial charge in [0.25, 0.3) is 0 Å². The number of carbonyl (C=O) groups is 1. The monoisotopic (exact) mass is 122 g/mol. The predicted octanol–water partition coefficient (Wildman–Crippen LogP) is 1.71. The Morgan fingerprint density at radius 3 is 3.11 bits per heavy atom. The summed E-state index contributed by atoms with van der Waals surface area (Å²) in [7, 11) is 0. The first-order valence-electron chi connectivity index (χ1n) is 3.17. The van der Waals surface area contributed by atoms with Crippen LogP contribution in [0.25, 0.3) is 0 Å². The lowest BCUT2D eigenvalue weighted by molar-refractivity contribution is -0.115. The minimum atomic E-state index is 0.229. The van der Waals surface area contributed by atoms with Crippen molar-refractivity contribution in [2.24, 2.45) is 5.92 Å². The van der Waals surface area contributed by atoms with Crippen LogP contribution in [-0.4, -0.2) is 5.78 Å². The van der Waals surface area contributed by atoms with Crippen molar-refractivity contribution in [3.8, 4) is 0 Å². The van der Waals surface area contributed by atoms with E-state index in [1.165, 1.54) is 0 Å². The molecule has 0 aromatic carbocycles. The zero-order valence-electron chi connectivity index (χ0n) is 5.50. The molecule has 0 aliphatic heterocycles. The first-order valence-corrected chi connectivity index (χ1v) is 3.17. The summed E-state index contributed by atoms with van der Waals surface area (Å²) in [5.74, 6) is 0.639. The molecule has 0 spiro atoms. The molecule has 0 fully saturated rings. The van der Waals surface area contributed by atoms with Gasteiger partial charge in [0.05, 0.1) is 0 Å². The lowest BCUT2D eigenvalue weighted by Gasteiger charge is -1.97. The molecule has 1 nitrogen and oxygen atoms in total. The van der Waals surface area contributed by atoms with E-state index >= 15 is 0 Å². The van der Waals surface area contributed by atoms with Gasteiger partial charge in [-0.3, -0.25) is 4.79 Å². The topological polar surface area (TPSA) is 17.1 Å². The second-order valence-corrected chi connectivity index (χ2v) is 2.39. The molecule has 1 aliphatic carbocycles. The van der Waals surface area contributed by atoms with Gasteiger partial charge in [0.15, 0.2) is 5.78 Å². The lowest BCUT2D eigenvalue weighted by Crippen LogP contribution is -1.97. The van der Waals surface area contributed by atoms with Crippen molar-refractivity contribution in [2.75, 3.05) is 0 Å². The van der Waals surface area contributed by atoms with Crippen LogP contribution < -0.4 is 0 Å². The Bertz CT molecular complexity index is 165. The molecule has 0 aromatic rings. The van der Waals surface area contributed by atoms with Crippen molar-refractivity contribution in [1.29, 1.82) is 0 Å². The van der Waals surface area contributed by atoms with Crippen molar-refractivity contribution in [2.45, 2.75) is 13.3 Å². The maximum Gasteiger partial charge on any atom is 0.156 e. The van der Waals surface area contributed by atoms with E-state index in [1.54, 1.807) is 12.2 Å². The van der Waals surface area contributed by atoms with E-state index in [-0.39, 0.29) is 5.78 Å². The van der Waals surface area contributed by atoms with E-state index < -0.39 is 0 Å². The quantitative estimate of drug-likeness (QED) is 0.478. The molecule has 0 heterocycles. The molecular formula is C8H10O. The molecule has 0 aromatic heterocycles. The summed E-state index contributed by atoms with van der Waals surface area (Å²) in [4.78, 5) is 10.8. The zero-order valence-corrected chi connectivity index (χ0v) is 5.50. The smallest absolute Gasteiger partial charge is 0.156 e. The van der Waals surface area contributed by atoms with Crippen molar-refractivity contribution in [1.82, 2.24) is 0 Å². The van der Waals surface area contributed by atoms with Crippen LogP contribution in [0.1, 0.15) is 13.3 Å². The second kappa shape index (κ2) is 2.62. The van der Waals surface area contributed by atoms with Gasteiger partial charge in [-0.1, -0.05) is 25.2 Å². The SMILES string of the molecule is CC1C=CC=CC(=O)C1. The maximum atomic E-state index is 10.8. The highest BCUT2D eigenvalue weighted by molar-refractivity contribution is 5.90. The summed E-state index contributed by atoms with van der Waals surface area (Å²) in [6.45, 7) is 2.04. The van der Waals surface area contributed by atoms with Crippen LogP contribution in [0.15, 0.2) is 24.3 Å². The van der Waals surface area contributed by atoms with Crippen LogP contribution in [-0.2, 0) is 4.79 Å². The fourth-order valence-electron chi connectivity index (χ4n) is 0.870. The van der Waals surface area contributed by atoms with Gasteiger partial charge in [-0.05, 0) is 12.0 Å². The Balaban J connectivity index is 2.64. The molecule has 0 saturated carbocycles. The molecule has 0 bridgehead atoms. The summed E-state index contributed by atoms with van der Waals surface area (Å²) < 4.78 is 0. The van der Waals surface area contributed by atoms with Gasteiger partial charge in [-0.25, -0.2) is 0 Å². The van der Waals surface area contributed by atoms with Gasteiger partial charge in [-0.15, -0.1) is 0 Å². The Morgan fingerprint density at radius 2 is 2.33 bits per heavy atom. The van der Waals surface area contributed by atoms with Crippen molar-refractivity contribution in [3.63, 3.8) is 0 Å². The number of carbonyl (C=O) groups excluding carboxylic acids is 1. The van der Waals surface area contributed by atoms with E-state index in [1.807, 2.05) is 19.1 Å². The van der Waals surface area contributed by atoms with Crippen LogP contribution in [0.5, 0.6) is 0 Å². The second-order valence-electron chi connectivity index (χ2n) is 2.39. The summed E-state index contributed by atoms with van der Waals surface area (Å²) >= 11 is 0. The Morgan fingerprint density at radius 1 is 1.56 bits per heavy atom. The third kappa shape index (κ3) is 1.84. The van der Waals surface area contributed by atoms with E-state index in [2.05, 4.69) is 0 Å². The van der Waals surface area contributed by atoms with Crippen molar-refractivity contribution < 1.29 is 4.79 Å². The first-order chi connectivity index (χ1) is 4.29. The molecule has 0 saturated heterocycles. The van der Waals surface area contributed by atoms with E-state index in [4.69, 9.17) is 0 Å². The average Bonchev–Trinajstić information content (AvgIpc) is 1.93. The molecule has 9 heavy (non-hydrogen) atoms. The standard InChI is InChI=1S/C8H10O/c1-7-4-2-3-5-8(9)6-7/h2-5,7H,6H2,1H3. The summed E-state index contributed by atoms with van der Waals surface area (Å²) in [5, 5.41) is 0. The summed E-state index contributed by atoms with van der Waals surface area (Å²) in [6, 6.07) is 0. The van der Waals surface area contributed by atoms with E-state index in [0.717, 1.165) is 0 Å². The Hall–Kier alpha value is -0.850. The van der Waals surface area contributed by atoms with Crippen LogP contribution in [0.3, 0.4) is 0 Å². The van der Waals surface area contributed by atoms with Crippen LogP contribution in [0, 0.1) is 5.92 Å². The third-order valence-corrected chi connectivity index (χ3v) is 1.36. The maximum absolute atomic E-state index is 10.8. The van der Waals surface area contributed by atoms with Crippen molar-refractivity contribution in [3.05, 3.63) is 24.3 Å². The lowest BCUT2D eigenvalue weighted by atomic mass is 10.1. The highest BCUT2D eigenvalue weighted by atomic mass is 16.1. The highest BCUT2D eigenvalue weighted by Gasteiger charge is 2.03. The number of ketones is 1. The first kappa shape index (κ1) is 6.27. The molecule has 1 rings (SSSR count). The fourth-order valence-corrected chi connectivity index (χ4v) is 0.870. The Kier molecular flexibility index (Phi) is 1.83. The van der Waals surface area contributed by atoms with Gasteiger partial charge < -0.3 is 0 Å². The molecule has 1 unspecified atom stereocenters. The largest absolute Gasteiger partial charge is 0.295 e. The highest BCUT2D eigenvalue weighted by Crippen LogP contribution is 2.07. The molecular weight excluding hydrogens is 112 g/mol. The minimum absolute atomic E-state index is 0.229. The molecule has 1 atom stereocenters. The van der Waals surface area contributed by atoms with E-state index in [9.17, 15) is 4.79 Å². The van der Waals surface area contributed by atoms with Crippen LogP contribution in [0.2, 0.25) is 0 Å². The predicted molar refractivity (Wildman–Crippen MR) is 37.1 cm³/mol. The Labute approximate surface area is 55.1 Å². The zero-order chi connectivity index (χ0) is 6.69. The number of hydrogen-bond acceptors (Lipinski definition) is 1. The van der Waals surface area contributed by atoms with E-state index in [0.29, 0.717) is 12.3 Å². The molecule has 48 valence electrons. The number of hydrogen-bond donors (Lipinski definition) is 0. The van der Waals surface area contributed by atoms with Gasteiger partial charge in [0.1, 0.15) is 0 Å². The van der Waals surface area contributed by atoms with Gasteiger partial charge >= 0.3 is 0 Å². The molecule has 1 heteroatoms. The summed E-state index contributed by atoms with van der Waals surface area (Å²) in [6.07, 6.45) is 8.05. The van der Waals surface area contributed by atoms with Gasteiger partial charge in [-0.2, -0.15) is 0 Å². The number of rotatable bonds is 0. The molecule has 1 aliphatic rings. The molecule has 0 N–H and O–H groups in total. The normalized spacial score (nSPS) is 26.3. The molecule has 0 amide bonds. The van der Waals surface area contributed by atoms with Crippen LogP contribution >= 0.6 is 0 Å². The third-order valence-electron chi connectivity index (χ3n) is 1.36. The van der Waals surface area contributed by atoms with Crippen LogP contribution in [0.4, 0.5) is 0 Å². The molecule has 0 radical (unpaired) electrons. The van der Waals surface area contributed by atoms with Gasteiger partial charge in [0.2, 0.25) is 0 Å². The number of allylic oxidation sites excluding steroid dienone is 4. The summed E-state index contributed by atoms with van der Waals surface area (Å²) in [5.41, 5.74) is 0. The average molecular weight is 122 g/mol. The van der Waals surface area contributed by atoms with Crippen molar-refractivity contribution >= 4 is 5.78 Å². The minimum Gasteiger partial charge on any atom is -0.295 e. The fraction of sp³-hybridized carbons (Fsp3) is 0.375.